The third-order valence-electron chi connectivity index (χ3n) is 6.34. The molecule has 1 atom stereocenters. The number of anilines is 1. The Morgan fingerprint density at radius 3 is 2.69 bits per heavy atom. The fraction of sp³-hybridized carbons (Fsp3) is 0.440. The number of hydrogen-bond donors (Lipinski definition) is 0. The largest absolute Gasteiger partial charge is 0.493 e. The van der Waals surface area contributed by atoms with Crippen LogP contribution in [0.2, 0.25) is 0 Å². The SMILES string of the molecule is CCOc1cc(C2=NN(c3ccc(C#N)c(C)n3)C(C3CCCC3)C2)ccc1C(=O)OC. The fourth-order valence-electron chi connectivity index (χ4n) is 4.68. The quantitative estimate of drug-likeness (QED) is 0.619. The van der Waals surface area contributed by atoms with Crippen molar-refractivity contribution in [3.63, 3.8) is 0 Å². The number of esters is 1. The van der Waals surface area contributed by atoms with E-state index in [0.717, 1.165) is 23.5 Å². The lowest BCUT2D eigenvalue weighted by Crippen LogP contribution is -2.33. The zero-order valence-corrected chi connectivity index (χ0v) is 18.8. The number of benzene rings is 1. The molecule has 2 aliphatic rings. The molecule has 7 heteroatoms. The molecule has 32 heavy (non-hydrogen) atoms. The Labute approximate surface area is 188 Å². The zero-order chi connectivity index (χ0) is 22.7. The number of rotatable bonds is 6. The fourth-order valence-corrected chi connectivity index (χ4v) is 4.68. The second-order valence-electron chi connectivity index (χ2n) is 8.26. The van der Waals surface area contributed by atoms with E-state index >= 15 is 0 Å². The maximum absolute atomic E-state index is 12.1. The van der Waals surface area contributed by atoms with Crippen LogP contribution < -0.4 is 9.75 Å². The Hall–Kier alpha value is -3.40. The smallest absolute Gasteiger partial charge is 0.341 e. The summed E-state index contributed by atoms with van der Waals surface area (Å²) in [4.78, 5) is 16.8. The number of ether oxygens (including phenoxy) is 2. The molecule has 4 rings (SSSR count). The minimum absolute atomic E-state index is 0.225. The van der Waals surface area contributed by atoms with Gasteiger partial charge in [-0.3, -0.25) is 0 Å². The van der Waals surface area contributed by atoms with Crippen molar-refractivity contribution in [2.45, 2.75) is 52.0 Å². The van der Waals surface area contributed by atoms with Crippen LogP contribution in [0.15, 0.2) is 35.4 Å². The van der Waals surface area contributed by atoms with Crippen molar-refractivity contribution in [2.75, 3.05) is 18.7 Å². The molecule has 0 radical (unpaired) electrons. The summed E-state index contributed by atoms with van der Waals surface area (Å²) in [5.74, 6) is 1.40. The van der Waals surface area contributed by atoms with E-state index in [2.05, 4.69) is 11.1 Å². The van der Waals surface area contributed by atoms with Crippen molar-refractivity contribution >= 4 is 17.5 Å². The highest BCUT2D eigenvalue weighted by atomic mass is 16.5. The standard InChI is InChI=1S/C25H28N4O3/c1-4-32-23-13-18(9-11-20(23)25(30)31-3)21-14-22(17-7-5-6-8-17)29(28-21)24-12-10-19(15-26)16(2)27-24/h9-13,17,22H,4-8,14H2,1-3H3. The molecule has 1 aromatic heterocycles. The molecule has 1 aliphatic heterocycles. The van der Waals surface area contributed by atoms with E-state index in [0.29, 0.717) is 35.1 Å². The Morgan fingerprint density at radius 1 is 1.25 bits per heavy atom. The molecule has 0 N–H and O–H groups in total. The van der Waals surface area contributed by atoms with Gasteiger partial charge in [-0.15, -0.1) is 0 Å². The summed E-state index contributed by atoms with van der Waals surface area (Å²) in [5, 5.41) is 16.3. The molecule has 0 amide bonds. The van der Waals surface area contributed by atoms with Crippen molar-refractivity contribution in [3.05, 3.63) is 52.7 Å². The number of nitriles is 1. The van der Waals surface area contributed by atoms with Crippen molar-refractivity contribution in [1.29, 1.82) is 5.26 Å². The third kappa shape index (κ3) is 4.18. The molecule has 1 saturated carbocycles. The predicted molar refractivity (Wildman–Crippen MR) is 122 cm³/mol. The van der Waals surface area contributed by atoms with Crippen LogP contribution in [0.4, 0.5) is 5.82 Å². The van der Waals surface area contributed by atoms with Crippen molar-refractivity contribution in [3.8, 4) is 11.8 Å². The number of aryl methyl sites for hydroxylation is 1. The van der Waals surface area contributed by atoms with Gasteiger partial charge in [-0.2, -0.15) is 10.4 Å². The summed E-state index contributed by atoms with van der Waals surface area (Å²) in [7, 11) is 1.36. The Bertz CT molecular complexity index is 1080. The van der Waals surface area contributed by atoms with E-state index in [4.69, 9.17) is 14.6 Å². The second-order valence-corrected chi connectivity index (χ2v) is 8.26. The van der Waals surface area contributed by atoms with Gasteiger partial charge in [-0.25, -0.2) is 14.8 Å². The van der Waals surface area contributed by atoms with Crippen LogP contribution in [0, 0.1) is 24.2 Å². The Morgan fingerprint density at radius 2 is 2.03 bits per heavy atom. The lowest BCUT2D eigenvalue weighted by Gasteiger charge is -2.27. The van der Waals surface area contributed by atoms with E-state index in [1.807, 2.05) is 43.1 Å². The summed E-state index contributed by atoms with van der Waals surface area (Å²) in [6, 6.07) is 11.6. The molecular formula is C25H28N4O3. The Balaban J connectivity index is 1.72. The van der Waals surface area contributed by atoms with Gasteiger partial charge in [0.1, 0.15) is 23.2 Å². The zero-order valence-electron chi connectivity index (χ0n) is 18.8. The lowest BCUT2D eigenvalue weighted by atomic mass is 9.92. The topological polar surface area (TPSA) is 87.8 Å². The van der Waals surface area contributed by atoms with Crippen LogP contribution in [0.5, 0.6) is 5.75 Å². The summed E-state index contributed by atoms with van der Waals surface area (Å²) in [6.07, 6.45) is 5.66. The van der Waals surface area contributed by atoms with E-state index < -0.39 is 5.97 Å². The highest BCUT2D eigenvalue weighted by molar-refractivity contribution is 6.04. The first-order valence-corrected chi connectivity index (χ1v) is 11.2. The molecule has 7 nitrogen and oxygen atoms in total. The molecule has 2 heterocycles. The average molecular weight is 433 g/mol. The first-order chi connectivity index (χ1) is 15.5. The van der Waals surface area contributed by atoms with Gasteiger partial charge in [0.2, 0.25) is 0 Å². The van der Waals surface area contributed by atoms with E-state index in [1.54, 1.807) is 6.07 Å². The molecule has 1 fully saturated rings. The van der Waals surface area contributed by atoms with E-state index in [1.165, 1.54) is 32.8 Å². The predicted octanol–water partition coefficient (Wildman–Crippen LogP) is 4.62. The van der Waals surface area contributed by atoms with Crippen LogP contribution in [0.3, 0.4) is 0 Å². The van der Waals surface area contributed by atoms with Gasteiger partial charge in [0.15, 0.2) is 0 Å². The maximum atomic E-state index is 12.1. The minimum atomic E-state index is -0.420. The summed E-state index contributed by atoms with van der Waals surface area (Å²) >= 11 is 0. The van der Waals surface area contributed by atoms with Crippen molar-refractivity contribution in [1.82, 2.24) is 4.98 Å². The number of aromatic nitrogens is 1. The molecule has 0 saturated heterocycles. The molecule has 2 aromatic rings. The summed E-state index contributed by atoms with van der Waals surface area (Å²) < 4.78 is 10.6. The van der Waals surface area contributed by atoms with Gasteiger partial charge in [0, 0.05) is 12.0 Å². The van der Waals surface area contributed by atoms with Gasteiger partial charge < -0.3 is 9.47 Å². The van der Waals surface area contributed by atoms with Crippen molar-refractivity contribution < 1.29 is 14.3 Å². The molecule has 1 unspecified atom stereocenters. The average Bonchev–Trinajstić information content (AvgIpc) is 3.49. The van der Waals surface area contributed by atoms with Crippen LogP contribution in [0.25, 0.3) is 0 Å². The monoisotopic (exact) mass is 432 g/mol. The first-order valence-electron chi connectivity index (χ1n) is 11.2. The van der Waals surface area contributed by atoms with Gasteiger partial charge in [0.05, 0.1) is 36.7 Å². The number of methoxy groups -OCH3 is 1. The molecule has 166 valence electrons. The van der Waals surface area contributed by atoms with Gasteiger partial charge >= 0.3 is 5.97 Å². The number of nitrogens with zero attached hydrogens (tertiary/aromatic N) is 4. The first kappa shape index (κ1) is 21.8. The highest BCUT2D eigenvalue weighted by Crippen LogP contribution is 2.38. The van der Waals surface area contributed by atoms with Gasteiger partial charge in [0.25, 0.3) is 0 Å². The lowest BCUT2D eigenvalue weighted by molar-refractivity contribution is 0.0596. The Kier molecular flexibility index (Phi) is 6.40. The van der Waals surface area contributed by atoms with Crippen LogP contribution in [0.1, 0.15) is 66.2 Å². The summed E-state index contributed by atoms with van der Waals surface area (Å²) in [6.45, 7) is 4.19. The van der Waals surface area contributed by atoms with Crippen molar-refractivity contribution in [2.24, 2.45) is 11.0 Å². The van der Waals surface area contributed by atoms with E-state index in [9.17, 15) is 10.1 Å². The second kappa shape index (κ2) is 9.39. The van der Waals surface area contributed by atoms with E-state index in [-0.39, 0.29) is 6.04 Å². The van der Waals surface area contributed by atoms with Gasteiger partial charge in [-0.05, 0) is 56.9 Å². The highest BCUT2D eigenvalue weighted by Gasteiger charge is 2.37. The number of carbonyl (C=O) groups is 1. The molecule has 1 aromatic carbocycles. The molecule has 1 aliphatic carbocycles. The molecular weight excluding hydrogens is 404 g/mol. The number of carbonyl (C=O) groups excluding carboxylic acids is 1. The number of hydrazone groups is 1. The number of hydrogen-bond acceptors (Lipinski definition) is 7. The molecule has 0 bridgehead atoms. The minimum Gasteiger partial charge on any atom is -0.493 e. The molecule has 0 spiro atoms. The third-order valence-corrected chi connectivity index (χ3v) is 6.34. The van der Waals surface area contributed by atoms with Crippen LogP contribution >= 0.6 is 0 Å². The number of pyridine rings is 1. The normalized spacial score (nSPS) is 18.4. The van der Waals surface area contributed by atoms with Gasteiger partial charge in [-0.1, -0.05) is 18.9 Å². The summed E-state index contributed by atoms with van der Waals surface area (Å²) in [5.41, 5.74) is 3.57. The van der Waals surface area contributed by atoms with Crippen LogP contribution in [-0.2, 0) is 4.74 Å². The maximum Gasteiger partial charge on any atom is 0.341 e. The van der Waals surface area contributed by atoms with Crippen LogP contribution in [-0.4, -0.2) is 36.4 Å².